The van der Waals surface area contributed by atoms with Gasteiger partial charge in [-0.25, -0.2) is 0 Å². The monoisotopic (exact) mass is 325 g/mol. The normalized spacial score (nSPS) is 12.5. The molecule has 3 heteroatoms. The van der Waals surface area contributed by atoms with Crippen molar-refractivity contribution in [3.05, 3.63) is 65.2 Å². The minimum absolute atomic E-state index is 0.00750. The van der Waals surface area contributed by atoms with Gasteiger partial charge in [-0.3, -0.25) is 4.79 Å². The van der Waals surface area contributed by atoms with Crippen molar-refractivity contribution in [1.29, 1.82) is 0 Å². The summed E-state index contributed by atoms with van der Waals surface area (Å²) in [6, 6.07) is 16.0. The van der Waals surface area contributed by atoms with Crippen LogP contribution in [0.5, 0.6) is 5.75 Å². The molecule has 0 aromatic heterocycles. The maximum atomic E-state index is 12.3. The van der Waals surface area contributed by atoms with E-state index in [1.165, 1.54) is 5.56 Å². The van der Waals surface area contributed by atoms with Crippen LogP contribution in [0.4, 0.5) is 0 Å². The fourth-order valence-electron chi connectivity index (χ4n) is 2.67. The van der Waals surface area contributed by atoms with E-state index in [0.717, 1.165) is 16.9 Å². The van der Waals surface area contributed by atoms with Crippen LogP contribution in [-0.4, -0.2) is 13.0 Å². The third-order valence-electron chi connectivity index (χ3n) is 4.20. The minimum atomic E-state index is -0.0266. The molecule has 24 heavy (non-hydrogen) atoms. The third kappa shape index (κ3) is 4.60. The molecule has 0 saturated heterocycles. The van der Waals surface area contributed by atoms with Crippen LogP contribution in [0.15, 0.2) is 48.5 Å². The van der Waals surface area contributed by atoms with Crippen LogP contribution in [0, 0.1) is 0 Å². The van der Waals surface area contributed by atoms with Gasteiger partial charge in [0.15, 0.2) is 0 Å². The standard InChI is InChI=1S/C21H27NO2/c1-15(16-10-12-18(13-11-16)21(2,3)4)22-20(23)14-17-8-6-7-9-19(17)24-5/h6-13,15H,14H2,1-5H3,(H,22,23). The number of carbonyl (C=O) groups is 1. The van der Waals surface area contributed by atoms with Crippen molar-refractivity contribution < 1.29 is 9.53 Å². The number of benzene rings is 2. The van der Waals surface area contributed by atoms with Crippen molar-refractivity contribution >= 4 is 5.91 Å². The van der Waals surface area contributed by atoms with E-state index < -0.39 is 0 Å². The zero-order chi connectivity index (χ0) is 17.7. The maximum absolute atomic E-state index is 12.3. The van der Waals surface area contributed by atoms with Crippen molar-refractivity contribution in [3.8, 4) is 5.75 Å². The average molecular weight is 325 g/mol. The van der Waals surface area contributed by atoms with E-state index in [9.17, 15) is 4.79 Å². The highest BCUT2D eigenvalue weighted by Crippen LogP contribution is 2.24. The Balaban J connectivity index is 2.01. The topological polar surface area (TPSA) is 38.3 Å². The molecule has 0 heterocycles. The van der Waals surface area contributed by atoms with Crippen LogP contribution in [0.3, 0.4) is 0 Å². The van der Waals surface area contributed by atoms with E-state index in [1.807, 2.05) is 31.2 Å². The van der Waals surface area contributed by atoms with Crippen LogP contribution < -0.4 is 10.1 Å². The van der Waals surface area contributed by atoms with Crippen molar-refractivity contribution in [2.24, 2.45) is 0 Å². The second kappa shape index (κ2) is 7.52. The van der Waals surface area contributed by atoms with Gasteiger partial charge in [0.2, 0.25) is 5.91 Å². The Hall–Kier alpha value is -2.29. The largest absolute Gasteiger partial charge is 0.496 e. The Morgan fingerprint density at radius 3 is 2.29 bits per heavy atom. The Kier molecular flexibility index (Phi) is 5.66. The van der Waals surface area contributed by atoms with Gasteiger partial charge in [-0.1, -0.05) is 63.2 Å². The van der Waals surface area contributed by atoms with Crippen LogP contribution in [-0.2, 0) is 16.6 Å². The predicted molar refractivity (Wildman–Crippen MR) is 98.4 cm³/mol. The number of hydrogen-bond donors (Lipinski definition) is 1. The number of nitrogens with one attached hydrogen (secondary N) is 1. The van der Waals surface area contributed by atoms with Crippen LogP contribution in [0.2, 0.25) is 0 Å². The molecule has 1 amide bonds. The van der Waals surface area contributed by atoms with Crippen LogP contribution in [0.1, 0.15) is 50.4 Å². The molecule has 0 saturated carbocycles. The molecular formula is C21H27NO2. The lowest BCUT2D eigenvalue weighted by Gasteiger charge is -2.21. The van der Waals surface area contributed by atoms with Gasteiger partial charge in [-0.2, -0.15) is 0 Å². The minimum Gasteiger partial charge on any atom is -0.496 e. The number of carbonyl (C=O) groups excluding carboxylic acids is 1. The molecule has 0 aliphatic heterocycles. The molecule has 2 aromatic rings. The van der Waals surface area contributed by atoms with Gasteiger partial charge in [0.1, 0.15) is 5.75 Å². The van der Waals surface area contributed by atoms with E-state index >= 15 is 0 Å². The average Bonchev–Trinajstić information content (AvgIpc) is 2.54. The number of hydrogen-bond acceptors (Lipinski definition) is 2. The second-order valence-electron chi connectivity index (χ2n) is 7.15. The highest BCUT2D eigenvalue weighted by molar-refractivity contribution is 5.79. The quantitative estimate of drug-likeness (QED) is 0.884. The molecule has 0 bridgehead atoms. The molecule has 128 valence electrons. The molecule has 0 aliphatic carbocycles. The van der Waals surface area contributed by atoms with Crippen molar-refractivity contribution in [2.75, 3.05) is 7.11 Å². The molecule has 0 fully saturated rings. The van der Waals surface area contributed by atoms with Crippen molar-refractivity contribution in [3.63, 3.8) is 0 Å². The summed E-state index contributed by atoms with van der Waals surface area (Å²) in [7, 11) is 1.62. The van der Waals surface area contributed by atoms with Gasteiger partial charge in [-0.15, -0.1) is 0 Å². The Bertz CT molecular complexity index is 684. The maximum Gasteiger partial charge on any atom is 0.225 e. The van der Waals surface area contributed by atoms with Gasteiger partial charge in [0.25, 0.3) is 0 Å². The summed E-state index contributed by atoms with van der Waals surface area (Å²) in [6.07, 6.45) is 0.314. The first-order valence-electron chi connectivity index (χ1n) is 8.33. The first kappa shape index (κ1) is 18.1. The summed E-state index contributed by atoms with van der Waals surface area (Å²) in [5, 5.41) is 3.06. The van der Waals surface area contributed by atoms with Gasteiger partial charge < -0.3 is 10.1 Å². The molecule has 0 radical (unpaired) electrons. The fraction of sp³-hybridized carbons (Fsp3) is 0.381. The van der Waals surface area contributed by atoms with Crippen molar-refractivity contribution in [2.45, 2.75) is 45.6 Å². The van der Waals surface area contributed by atoms with Gasteiger partial charge >= 0.3 is 0 Å². The Morgan fingerprint density at radius 1 is 1.08 bits per heavy atom. The predicted octanol–water partition coefficient (Wildman–Crippen LogP) is 4.41. The highest BCUT2D eigenvalue weighted by Gasteiger charge is 2.15. The summed E-state index contributed by atoms with van der Waals surface area (Å²) >= 11 is 0. The smallest absolute Gasteiger partial charge is 0.225 e. The zero-order valence-corrected chi connectivity index (χ0v) is 15.2. The van der Waals surface area contributed by atoms with Crippen LogP contribution in [0.25, 0.3) is 0 Å². The lowest BCUT2D eigenvalue weighted by molar-refractivity contribution is -0.121. The fourth-order valence-corrected chi connectivity index (χ4v) is 2.67. The van der Waals surface area contributed by atoms with E-state index in [2.05, 4.69) is 50.4 Å². The van der Waals surface area contributed by atoms with E-state index in [1.54, 1.807) is 7.11 Å². The van der Waals surface area contributed by atoms with Crippen LogP contribution >= 0.6 is 0 Å². The number of ether oxygens (including phenoxy) is 1. The highest BCUT2D eigenvalue weighted by atomic mass is 16.5. The number of methoxy groups -OCH3 is 1. The molecule has 0 spiro atoms. The van der Waals surface area contributed by atoms with Gasteiger partial charge in [-0.05, 0) is 29.5 Å². The van der Waals surface area contributed by atoms with E-state index in [0.29, 0.717) is 6.42 Å². The molecule has 1 N–H and O–H groups in total. The number of para-hydroxylation sites is 1. The van der Waals surface area contributed by atoms with E-state index in [4.69, 9.17) is 4.74 Å². The molecule has 1 unspecified atom stereocenters. The summed E-state index contributed by atoms with van der Waals surface area (Å²) < 4.78 is 5.30. The zero-order valence-electron chi connectivity index (χ0n) is 15.2. The second-order valence-corrected chi connectivity index (χ2v) is 7.15. The summed E-state index contributed by atoms with van der Waals surface area (Å²) in [4.78, 5) is 12.3. The number of amides is 1. The lowest BCUT2D eigenvalue weighted by atomic mass is 9.86. The summed E-state index contributed by atoms with van der Waals surface area (Å²) in [5.41, 5.74) is 3.43. The third-order valence-corrected chi connectivity index (χ3v) is 4.20. The Morgan fingerprint density at radius 2 is 1.71 bits per heavy atom. The lowest BCUT2D eigenvalue weighted by Crippen LogP contribution is -2.28. The molecule has 2 aromatic carbocycles. The molecular weight excluding hydrogens is 298 g/mol. The summed E-state index contributed by atoms with van der Waals surface area (Å²) in [5.74, 6) is 0.738. The SMILES string of the molecule is COc1ccccc1CC(=O)NC(C)c1ccc(C(C)(C)C)cc1. The van der Waals surface area contributed by atoms with Gasteiger partial charge in [0.05, 0.1) is 19.6 Å². The van der Waals surface area contributed by atoms with Crippen molar-refractivity contribution in [1.82, 2.24) is 5.32 Å². The first-order valence-corrected chi connectivity index (χ1v) is 8.33. The van der Waals surface area contributed by atoms with E-state index in [-0.39, 0.29) is 17.4 Å². The van der Waals surface area contributed by atoms with Gasteiger partial charge in [0, 0.05) is 5.56 Å². The molecule has 0 aliphatic rings. The Labute approximate surface area is 145 Å². The molecule has 3 nitrogen and oxygen atoms in total. The summed E-state index contributed by atoms with van der Waals surface area (Å²) in [6.45, 7) is 8.59. The first-order chi connectivity index (χ1) is 11.3. The molecule has 1 atom stereocenters. The molecule has 2 rings (SSSR count). The number of rotatable bonds is 5.